The van der Waals surface area contributed by atoms with Crippen LogP contribution in [0.25, 0.3) is 0 Å². The van der Waals surface area contributed by atoms with Gasteiger partial charge >= 0.3 is 0 Å². The van der Waals surface area contributed by atoms with E-state index in [4.69, 9.17) is 11.1 Å². The minimum Gasteiger partial charge on any atom is -0.394 e. The standard InChI is InChI=1S/C21H28N6O4.ClH/c22-20(23)15-6-4-14(5-7-15)11-26-19(17(29)13-28)21(31)27-12-18(30)25-10-8-16-3-1-2-9-24-16;/h1-7,9,17,19,26,28-29H,8,10-13H2,(H3,22,23)(H,25,30)(H,27,31);1H. The molecule has 0 bridgehead atoms. The molecular formula is C21H29ClN6O4. The second-order valence-corrected chi connectivity index (χ2v) is 6.86. The van der Waals surface area contributed by atoms with Crippen LogP contribution in [0.1, 0.15) is 16.8 Å². The summed E-state index contributed by atoms with van der Waals surface area (Å²) in [6.07, 6.45) is 0.897. The third-order valence-corrected chi connectivity index (χ3v) is 4.50. The second kappa shape index (κ2) is 14.1. The number of hydrogen-bond acceptors (Lipinski definition) is 7. The number of aliphatic hydroxyl groups excluding tert-OH is 2. The molecule has 0 radical (unpaired) electrons. The highest BCUT2D eigenvalue weighted by Crippen LogP contribution is 2.05. The molecule has 2 aromatic rings. The molecule has 0 aliphatic heterocycles. The van der Waals surface area contributed by atoms with Gasteiger partial charge in [-0.05, 0) is 17.7 Å². The van der Waals surface area contributed by atoms with Gasteiger partial charge in [-0.1, -0.05) is 30.3 Å². The van der Waals surface area contributed by atoms with E-state index >= 15 is 0 Å². The maximum absolute atomic E-state index is 12.4. The number of amides is 2. The van der Waals surface area contributed by atoms with Crippen molar-refractivity contribution in [3.05, 3.63) is 65.5 Å². The number of amidine groups is 1. The fourth-order valence-corrected chi connectivity index (χ4v) is 2.75. The normalized spacial score (nSPS) is 12.2. The summed E-state index contributed by atoms with van der Waals surface area (Å²) in [6, 6.07) is 11.2. The van der Waals surface area contributed by atoms with Gasteiger partial charge in [-0.2, -0.15) is 0 Å². The first-order chi connectivity index (χ1) is 14.9. The molecule has 32 heavy (non-hydrogen) atoms. The molecule has 0 fully saturated rings. The van der Waals surface area contributed by atoms with Crippen LogP contribution in [0.5, 0.6) is 0 Å². The van der Waals surface area contributed by atoms with E-state index in [9.17, 15) is 19.8 Å². The summed E-state index contributed by atoms with van der Waals surface area (Å²) < 4.78 is 0. The Hall–Kier alpha value is -3.05. The molecule has 0 saturated heterocycles. The minimum absolute atomic E-state index is 0. The smallest absolute Gasteiger partial charge is 0.240 e. The Balaban J connectivity index is 0.00000512. The van der Waals surface area contributed by atoms with E-state index in [1.165, 1.54) is 0 Å². The van der Waals surface area contributed by atoms with Gasteiger partial charge in [0.05, 0.1) is 13.2 Å². The molecule has 1 aromatic carbocycles. The maximum atomic E-state index is 12.4. The number of aromatic nitrogens is 1. The Morgan fingerprint density at radius 3 is 2.44 bits per heavy atom. The van der Waals surface area contributed by atoms with E-state index in [2.05, 4.69) is 20.9 Å². The van der Waals surface area contributed by atoms with Crippen molar-refractivity contribution in [2.75, 3.05) is 19.7 Å². The molecule has 1 heterocycles. The first kappa shape index (κ1) is 27.0. The number of carbonyl (C=O) groups excluding carboxylic acids is 2. The Bertz CT molecular complexity index is 866. The van der Waals surface area contributed by atoms with Gasteiger partial charge in [0.25, 0.3) is 0 Å². The van der Waals surface area contributed by atoms with Crippen LogP contribution in [0, 0.1) is 5.41 Å². The molecule has 174 valence electrons. The zero-order valence-corrected chi connectivity index (χ0v) is 18.3. The lowest BCUT2D eigenvalue weighted by Crippen LogP contribution is -2.53. The highest BCUT2D eigenvalue weighted by molar-refractivity contribution is 5.94. The molecule has 0 spiro atoms. The number of aliphatic hydroxyl groups is 2. The lowest BCUT2D eigenvalue weighted by Gasteiger charge is -2.22. The zero-order valence-electron chi connectivity index (χ0n) is 17.5. The first-order valence-electron chi connectivity index (χ1n) is 9.80. The number of hydrogen-bond donors (Lipinski definition) is 7. The van der Waals surface area contributed by atoms with E-state index in [1.807, 2.05) is 18.2 Å². The summed E-state index contributed by atoms with van der Waals surface area (Å²) >= 11 is 0. The van der Waals surface area contributed by atoms with E-state index in [0.29, 0.717) is 18.5 Å². The van der Waals surface area contributed by atoms with Crippen LogP contribution < -0.4 is 21.7 Å². The Kier molecular flexibility index (Phi) is 11.9. The van der Waals surface area contributed by atoms with E-state index < -0.39 is 24.7 Å². The van der Waals surface area contributed by atoms with Crippen LogP contribution in [-0.4, -0.2) is 64.7 Å². The second-order valence-electron chi connectivity index (χ2n) is 6.86. The molecule has 0 aliphatic carbocycles. The highest BCUT2D eigenvalue weighted by atomic mass is 35.5. The molecular weight excluding hydrogens is 436 g/mol. The quantitative estimate of drug-likeness (QED) is 0.157. The molecule has 1 aromatic heterocycles. The maximum Gasteiger partial charge on any atom is 0.240 e. The summed E-state index contributed by atoms with van der Waals surface area (Å²) in [7, 11) is 0. The number of rotatable bonds is 12. The molecule has 0 aliphatic rings. The van der Waals surface area contributed by atoms with Crippen molar-refractivity contribution < 1.29 is 19.8 Å². The highest BCUT2D eigenvalue weighted by Gasteiger charge is 2.26. The van der Waals surface area contributed by atoms with Gasteiger partial charge in [0, 0.05) is 37.0 Å². The Morgan fingerprint density at radius 1 is 1.12 bits per heavy atom. The summed E-state index contributed by atoms with van der Waals surface area (Å²) in [4.78, 5) is 28.6. The van der Waals surface area contributed by atoms with Gasteiger partial charge in [0.1, 0.15) is 18.0 Å². The van der Waals surface area contributed by atoms with Crippen molar-refractivity contribution in [1.29, 1.82) is 5.41 Å². The van der Waals surface area contributed by atoms with E-state index in [-0.39, 0.29) is 37.2 Å². The summed E-state index contributed by atoms with van der Waals surface area (Å²) in [5.41, 5.74) is 7.63. The minimum atomic E-state index is -1.34. The van der Waals surface area contributed by atoms with Gasteiger partial charge in [-0.3, -0.25) is 25.3 Å². The number of benzene rings is 1. The number of nitrogen functional groups attached to an aromatic ring is 1. The van der Waals surface area contributed by atoms with Crippen LogP contribution in [0.3, 0.4) is 0 Å². The molecule has 8 N–H and O–H groups in total. The summed E-state index contributed by atoms with van der Waals surface area (Å²) in [5.74, 6) is -1.03. The zero-order chi connectivity index (χ0) is 22.6. The number of halogens is 1. The predicted molar refractivity (Wildman–Crippen MR) is 122 cm³/mol. The van der Waals surface area contributed by atoms with Gasteiger partial charge in [-0.25, -0.2) is 0 Å². The molecule has 2 unspecified atom stereocenters. The number of nitrogens with zero attached hydrogens (tertiary/aromatic N) is 1. The average Bonchev–Trinajstić information content (AvgIpc) is 2.78. The lowest BCUT2D eigenvalue weighted by molar-refractivity contribution is -0.129. The summed E-state index contributed by atoms with van der Waals surface area (Å²) in [6.45, 7) is -0.276. The molecule has 0 saturated carbocycles. The van der Waals surface area contributed by atoms with Gasteiger partial charge < -0.3 is 26.6 Å². The van der Waals surface area contributed by atoms with E-state index in [1.54, 1.807) is 30.5 Å². The number of nitrogens with one attached hydrogen (secondary N) is 4. The molecule has 2 amide bonds. The fourth-order valence-electron chi connectivity index (χ4n) is 2.75. The van der Waals surface area contributed by atoms with Crippen molar-refractivity contribution in [1.82, 2.24) is 20.9 Å². The van der Waals surface area contributed by atoms with Crippen LogP contribution in [0.2, 0.25) is 0 Å². The molecule has 11 heteroatoms. The van der Waals surface area contributed by atoms with Crippen LogP contribution in [-0.2, 0) is 22.6 Å². The fraction of sp³-hybridized carbons (Fsp3) is 0.333. The lowest BCUT2D eigenvalue weighted by atomic mass is 10.1. The van der Waals surface area contributed by atoms with Crippen molar-refractivity contribution in [2.24, 2.45) is 5.73 Å². The molecule has 10 nitrogen and oxygen atoms in total. The number of pyridine rings is 1. The third-order valence-electron chi connectivity index (χ3n) is 4.50. The van der Waals surface area contributed by atoms with Crippen LogP contribution in [0.4, 0.5) is 0 Å². The van der Waals surface area contributed by atoms with Crippen molar-refractivity contribution >= 4 is 30.1 Å². The first-order valence-corrected chi connectivity index (χ1v) is 9.80. The average molecular weight is 465 g/mol. The third kappa shape index (κ3) is 8.98. The summed E-state index contributed by atoms with van der Waals surface area (Å²) in [5, 5.41) is 34.7. The largest absolute Gasteiger partial charge is 0.394 e. The topological polar surface area (TPSA) is 173 Å². The van der Waals surface area contributed by atoms with Crippen LogP contribution >= 0.6 is 12.4 Å². The Morgan fingerprint density at radius 2 is 1.84 bits per heavy atom. The van der Waals surface area contributed by atoms with Crippen molar-refractivity contribution in [3.63, 3.8) is 0 Å². The van der Waals surface area contributed by atoms with Gasteiger partial charge in [-0.15, -0.1) is 12.4 Å². The Labute approximate surface area is 192 Å². The monoisotopic (exact) mass is 464 g/mol. The molecule has 2 atom stereocenters. The van der Waals surface area contributed by atoms with E-state index in [0.717, 1.165) is 11.3 Å². The number of nitrogens with two attached hydrogens (primary N) is 1. The van der Waals surface area contributed by atoms with Gasteiger partial charge in [0.2, 0.25) is 11.8 Å². The van der Waals surface area contributed by atoms with Crippen molar-refractivity contribution in [2.45, 2.75) is 25.1 Å². The molecule has 2 rings (SSSR count). The SMILES string of the molecule is Cl.N=C(N)c1ccc(CNC(C(=O)NCC(=O)NCCc2ccccn2)C(O)CO)cc1. The van der Waals surface area contributed by atoms with Crippen molar-refractivity contribution in [3.8, 4) is 0 Å². The van der Waals surface area contributed by atoms with Gasteiger partial charge in [0.15, 0.2) is 0 Å². The predicted octanol–water partition coefficient (Wildman–Crippen LogP) is -0.926. The van der Waals surface area contributed by atoms with Crippen LogP contribution in [0.15, 0.2) is 48.7 Å². The number of carbonyl (C=O) groups is 2.